The Morgan fingerprint density at radius 1 is 1.35 bits per heavy atom. The average molecular weight is 277 g/mol. The molecule has 0 saturated heterocycles. The molecule has 2 N–H and O–H groups in total. The molecule has 0 aliphatic rings. The molecule has 1 rings (SSSR count). The van der Waals surface area contributed by atoms with Gasteiger partial charge in [0.2, 0.25) is 0 Å². The molecule has 0 aliphatic heterocycles. The number of ether oxygens (including phenoxy) is 1. The van der Waals surface area contributed by atoms with Gasteiger partial charge in [0.05, 0.1) is 12.8 Å². The number of amides is 2. The summed E-state index contributed by atoms with van der Waals surface area (Å²) in [5.41, 5.74) is 2.93. The van der Waals surface area contributed by atoms with Crippen molar-refractivity contribution in [2.75, 3.05) is 6.61 Å². The number of hydrogen-bond donors (Lipinski definition) is 2. The number of carbonyl (C=O) groups excluding carboxylic acids is 2. The number of nitrogens with zero attached hydrogens (tertiary/aromatic N) is 1. The van der Waals surface area contributed by atoms with Crippen molar-refractivity contribution in [1.29, 1.82) is 0 Å². The molecule has 0 aromatic heterocycles. The van der Waals surface area contributed by atoms with Crippen LogP contribution in [0.2, 0.25) is 0 Å². The molecular weight excluding hydrogens is 258 g/mol. The fraction of sp³-hybridized carbons (Fsp3) is 0.357. The molecule has 0 fully saturated rings. The Kier molecular flexibility index (Phi) is 6.22. The van der Waals surface area contributed by atoms with Crippen molar-refractivity contribution in [3.05, 3.63) is 29.8 Å². The number of nitrogens with one attached hydrogen (secondary N) is 2. The topological polar surface area (TPSA) is 79.8 Å². The monoisotopic (exact) mass is 277 g/mol. The van der Waals surface area contributed by atoms with Crippen molar-refractivity contribution in [1.82, 2.24) is 10.7 Å². The van der Waals surface area contributed by atoms with Crippen LogP contribution in [0, 0.1) is 0 Å². The summed E-state index contributed by atoms with van der Waals surface area (Å²) in [5, 5.41) is 6.20. The summed E-state index contributed by atoms with van der Waals surface area (Å²) >= 11 is 0. The summed E-state index contributed by atoms with van der Waals surface area (Å²) in [5.74, 6) is -0.781. The van der Waals surface area contributed by atoms with Crippen molar-refractivity contribution in [2.24, 2.45) is 5.10 Å². The SMILES string of the molecule is CCOc1cccc(/C=N\NC(=O)C(=O)NC(C)C)c1. The lowest BCUT2D eigenvalue weighted by atomic mass is 10.2. The maximum Gasteiger partial charge on any atom is 0.329 e. The van der Waals surface area contributed by atoms with Gasteiger partial charge >= 0.3 is 11.8 Å². The molecule has 0 saturated carbocycles. The van der Waals surface area contributed by atoms with Crippen molar-refractivity contribution in [3.8, 4) is 5.75 Å². The maximum absolute atomic E-state index is 11.4. The zero-order chi connectivity index (χ0) is 15.0. The summed E-state index contributed by atoms with van der Waals surface area (Å²) in [7, 11) is 0. The minimum absolute atomic E-state index is 0.0971. The predicted molar refractivity (Wildman–Crippen MR) is 76.6 cm³/mol. The molecule has 20 heavy (non-hydrogen) atoms. The van der Waals surface area contributed by atoms with Crippen LogP contribution in [0.15, 0.2) is 29.4 Å². The molecule has 108 valence electrons. The second-order valence-electron chi connectivity index (χ2n) is 4.33. The lowest BCUT2D eigenvalue weighted by Crippen LogP contribution is -2.41. The molecule has 6 heteroatoms. The van der Waals surface area contributed by atoms with Crippen LogP contribution in [0.1, 0.15) is 26.3 Å². The molecule has 0 aliphatic carbocycles. The first-order valence-corrected chi connectivity index (χ1v) is 6.39. The van der Waals surface area contributed by atoms with Gasteiger partial charge in [-0.1, -0.05) is 12.1 Å². The van der Waals surface area contributed by atoms with Crippen LogP contribution in [0.25, 0.3) is 0 Å². The van der Waals surface area contributed by atoms with Crippen LogP contribution >= 0.6 is 0 Å². The molecule has 0 spiro atoms. The second kappa shape index (κ2) is 7.93. The first-order chi connectivity index (χ1) is 9.52. The number of carbonyl (C=O) groups is 2. The summed E-state index contributed by atoms with van der Waals surface area (Å²) < 4.78 is 5.34. The molecular formula is C14H19N3O3. The van der Waals surface area contributed by atoms with Crippen LogP contribution < -0.4 is 15.5 Å². The molecule has 0 unspecified atom stereocenters. The van der Waals surface area contributed by atoms with E-state index in [4.69, 9.17) is 4.74 Å². The van der Waals surface area contributed by atoms with E-state index >= 15 is 0 Å². The third-order valence-corrected chi connectivity index (χ3v) is 2.17. The van der Waals surface area contributed by atoms with Crippen molar-refractivity contribution in [2.45, 2.75) is 26.8 Å². The number of hydrogen-bond acceptors (Lipinski definition) is 4. The van der Waals surface area contributed by atoms with Gasteiger partial charge in [-0.25, -0.2) is 5.43 Å². The van der Waals surface area contributed by atoms with E-state index in [1.807, 2.05) is 25.1 Å². The largest absolute Gasteiger partial charge is 0.494 e. The smallest absolute Gasteiger partial charge is 0.329 e. The highest BCUT2D eigenvalue weighted by Gasteiger charge is 2.12. The highest BCUT2D eigenvalue weighted by atomic mass is 16.5. The van der Waals surface area contributed by atoms with Gasteiger partial charge in [-0.05, 0) is 38.5 Å². The van der Waals surface area contributed by atoms with Gasteiger partial charge in [-0.3, -0.25) is 9.59 Å². The highest BCUT2D eigenvalue weighted by Crippen LogP contribution is 2.11. The number of rotatable bonds is 5. The fourth-order valence-corrected chi connectivity index (χ4v) is 1.40. The first kappa shape index (κ1) is 15.7. The zero-order valence-corrected chi connectivity index (χ0v) is 11.8. The Hall–Kier alpha value is -2.37. The van der Waals surface area contributed by atoms with Gasteiger partial charge in [0.25, 0.3) is 0 Å². The van der Waals surface area contributed by atoms with Gasteiger partial charge in [0.1, 0.15) is 5.75 Å². The van der Waals surface area contributed by atoms with E-state index in [0.717, 1.165) is 11.3 Å². The number of benzene rings is 1. The molecule has 6 nitrogen and oxygen atoms in total. The molecule has 1 aromatic carbocycles. The normalized spacial score (nSPS) is 10.6. The van der Waals surface area contributed by atoms with Crippen LogP contribution in [0.5, 0.6) is 5.75 Å². The molecule has 2 amide bonds. The quantitative estimate of drug-likeness (QED) is 0.480. The van der Waals surface area contributed by atoms with E-state index in [1.165, 1.54) is 6.21 Å². The Morgan fingerprint density at radius 3 is 2.75 bits per heavy atom. The molecule has 0 radical (unpaired) electrons. The maximum atomic E-state index is 11.4. The minimum atomic E-state index is -0.795. The Bertz CT molecular complexity index is 498. The minimum Gasteiger partial charge on any atom is -0.494 e. The first-order valence-electron chi connectivity index (χ1n) is 6.39. The molecule has 0 atom stereocenters. The van der Waals surface area contributed by atoms with Crippen LogP contribution in [0.4, 0.5) is 0 Å². The zero-order valence-electron chi connectivity index (χ0n) is 11.8. The van der Waals surface area contributed by atoms with Crippen LogP contribution in [-0.2, 0) is 9.59 Å². The number of hydrazone groups is 1. The van der Waals surface area contributed by atoms with Crippen molar-refractivity contribution in [3.63, 3.8) is 0 Å². The second-order valence-corrected chi connectivity index (χ2v) is 4.33. The van der Waals surface area contributed by atoms with Crippen LogP contribution in [-0.4, -0.2) is 30.7 Å². The van der Waals surface area contributed by atoms with Gasteiger partial charge in [-0.2, -0.15) is 5.10 Å². The Morgan fingerprint density at radius 2 is 2.10 bits per heavy atom. The van der Waals surface area contributed by atoms with E-state index < -0.39 is 11.8 Å². The Balaban J connectivity index is 2.54. The molecule has 1 aromatic rings. The highest BCUT2D eigenvalue weighted by molar-refractivity contribution is 6.35. The summed E-state index contributed by atoms with van der Waals surface area (Å²) in [6.07, 6.45) is 1.45. The van der Waals surface area contributed by atoms with E-state index in [-0.39, 0.29) is 6.04 Å². The van der Waals surface area contributed by atoms with Crippen LogP contribution in [0.3, 0.4) is 0 Å². The Labute approximate surface area is 118 Å². The lowest BCUT2D eigenvalue weighted by Gasteiger charge is -2.06. The van der Waals surface area contributed by atoms with Crippen molar-refractivity contribution < 1.29 is 14.3 Å². The van der Waals surface area contributed by atoms with E-state index in [1.54, 1.807) is 19.9 Å². The third kappa shape index (κ3) is 5.51. The van der Waals surface area contributed by atoms with Gasteiger partial charge in [0.15, 0.2) is 0 Å². The molecule has 0 bridgehead atoms. The third-order valence-electron chi connectivity index (χ3n) is 2.17. The predicted octanol–water partition coefficient (Wildman–Crippen LogP) is 1.06. The standard InChI is InChI=1S/C14H19N3O3/c1-4-20-12-7-5-6-11(8-12)9-15-17-14(19)13(18)16-10(2)3/h5-10H,4H2,1-3H3,(H,16,18)(H,17,19)/b15-9-. The van der Waals surface area contributed by atoms with Crippen molar-refractivity contribution >= 4 is 18.0 Å². The van der Waals surface area contributed by atoms with Gasteiger partial charge < -0.3 is 10.1 Å². The summed E-state index contributed by atoms with van der Waals surface area (Å²) in [6, 6.07) is 7.15. The van der Waals surface area contributed by atoms with Gasteiger partial charge in [-0.15, -0.1) is 0 Å². The summed E-state index contributed by atoms with van der Waals surface area (Å²) in [6.45, 7) is 6.02. The van der Waals surface area contributed by atoms with E-state index in [2.05, 4.69) is 15.8 Å². The lowest BCUT2D eigenvalue weighted by molar-refractivity contribution is -0.139. The van der Waals surface area contributed by atoms with Gasteiger partial charge in [0, 0.05) is 6.04 Å². The van der Waals surface area contributed by atoms with E-state index in [0.29, 0.717) is 6.61 Å². The molecule has 0 heterocycles. The summed E-state index contributed by atoms with van der Waals surface area (Å²) in [4.78, 5) is 22.7. The van der Waals surface area contributed by atoms with E-state index in [9.17, 15) is 9.59 Å². The fourth-order valence-electron chi connectivity index (χ4n) is 1.40. The average Bonchev–Trinajstić information content (AvgIpc) is 2.38.